The molecule has 29 heavy (non-hydrogen) atoms. The van der Waals surface area contributed by atoms with Crippen LogP contribution in [0, 0.1) is 0 Å². The third kappa shape index (κ3) is 4.52. The first-order valence-corrected chi connectivity index (χ1v) is 9.19. The fourth-order valence-corrected chi connectivity index (χ4v) is 3.40. The van der Waals surface area contributed by atoms with Crippen LogP contribution in [-0.2, 0) is 9.53 Å². The maximum atomic E-state index is 12.3. The smallest absolute Gasteiger partial charge is 0.341 e. The predicted molar refractivity (Wildman–Crippen MR) is 110 cm³/mol. The van der Waals surface area contributed by atoms with E-state index in [0.717, 1.165) is 17.3 Å². The zero-order chi connectivity index (χ0) is 21.0. The van der Waals surface area contributed by atoms with Gasteiger partial charge in [-0.05, 0) is 53.7 Å². The van der Waals surface area contributed by atoms with Crippen LogP contribution in [0.3, 0.4) is 0 Å². The van der Waals surface area contributed by atoms with Gasteiger partial charge in [-0.1, -0.05) is 6.07 Å². The zero-order valence-electron chi connectivity index (χ0n) is 15.9. The van der Waals surface area contributed by atoms with Crippen molar-refractivity contribution in [2.45, 2.75) is 0 Å². The second-order valence-corrected chi connectivity index (χ2v) is 6.82. The molecule has 9 heteroatoms. The first kappa shape index (κ1) is 20.3. The number of aliphatic imine (C=N–C) groups is 1. The standard InChI is InChI=1S/C20H18N2O6S/c1-26-15-7-4-11(8-16(15)27-2)9-17-18(24)22-20(29-17)21-12-5-6-14(23)13(10-12)19(25)28-3/h4-10,23H,1-3H3,(H,21,22,24)/b17-9-. The molecule has 0 unspecified atom stereocenters. The zero-order valence-corrected chi connectivity index (χ0v) is 16.7. The number of esters is 1. The van der Waals surface area contributed by atoms with Crippen LogP contribution in [-0.4, -0.2) is 43.5 Å². The number of methoxy groups -OCH3 is 3. The second kappa shape index (κ2) is 8.70. The lowest BCUT2D eigenvalue weighted by Gasteiger charge is -2.07. The topological polar surface area (TPSA) is 106 Å². The molecule has 1 heterocycles. The van der Waals surface area contributed by atoms with Crippen molar-refractivity contribution < 1.29 is 28.9 Å². The van der Waals surface area contributed by atoms with Gasteiger partial charge in [0.15, 0.2) is 16.7 Å². The van der Waals surface area contributed by atoms with Crippen LogP contribution in [0.2, 0.25) is 0 Å². The van der Waals surface area contributed by atoms with Crippen molar-refractivity contribution in [2.75, 3.05) is 21.3 Å². The number of ether oxygens (including phenoxy) is 3. The van der Waals surface area contributed by atoms with Crippen LogP contribution < -0.4 is 14.8 Å². The minimum atomic E-state index is -0.679. The van der Waals surface area contributed by atoms with Crippen molar-refractivity contribution >= 4 is 40.6 Å². The van der Waals surface area contributed by atoms with Crippen LogP contribution in [0.4, 0.5) is 5.69 Å². The van der Waals surface area contributed by atoms with Crippen LogP contribution in [0.5, 0.6) is 17.2 Å². The van der Waals surface area contributed by atoms with Crippen molar-refractivity contribution in [2.24, 2.45) is 4.99 Å². The first-order valence-electron chi connectivity index (χ1n) is 8.38. The van der Waals surface area contributed by atoms with Gasteiger partial charge < -0.3 is 24.6 Å². The number of amidine groups is 1. The number of benzene rings is 2. The monoisotopic (exact) mass is 414 g/mol. The summed E-state index contributed by atoms with van der Waals surface area (Å²) in [5.74, 6) is -0.0390. The average molecular weight is 414 g/mol. The molecule has 1 aliphatic heterocycles. The molecule has 1 fully saturated rings. The highest BCUT2D eigenvalue weighted by Crippen LogP contribution is 2.32. The van der Waals surface area contributed by atoms with Crippen LogP contribution in [0.25, 0.3) is 6.08 Å². The molecule has 1 saturated heterocycles. The molecule has 2 N–H and O–H groups in total. The highest BCUT2D eigenvalue weighted by Gasteiger charge is 2.24. The molecule has 2 aromatic rings. The van der Waals surface area contributed by atoms with Gasteiger partial charge in [0.2, 0.25) is 0 Å². The minimum Gasteiger partial charge on any atom is -0.507 e. The van der Waals surface area contributed by atoms with Gasteiger partial charge >= 0.3 is 5.97 Å². The van der Waals surface area contributed by atoms with Crippen molar-refractivity contribution in [1.82, 2.24) is 5.32 Å². The van der Waals surface area contributed by atoms with E-state index < -0.39 is 5.97 Å². The Kier molecular flexibility index (Phi) is 6.08. The van der Waals surface area contributed by atoms with Crippen LogP contribution >= 0.6 is 11.8 Å². The summed E-state index contributed by atoms with van der Waals surface area (Å²) in [6.45, 7) is 0. The van der Waals surface area contributed by atoms with Crippen molar-refractivity contribution in [3.63, 3.8) is 0 Å². The van der Waals surface area contributed by atoms with E-state index in [-0.39, 0.29) is 17.2 Å². The molecule has 0 atom stereocenters. The molecule has 0 spiro atoms. The molecule has 150 valence electrons. The number of hydrogen-bond acceptors (Lipinski definition) is 8. The molecular weight excluding hydrogens is 396 g/mol. The second-order valence-electron chi connectivity index (χ2n) is 5.79. The third-order valence-corrected chi connectivity index (χ3v) is 4.88. The number of aromatic hydroxyl groups is 1. The third-order valence-electron chi connectivity index (χ3n) is 3.97. The predicted octanol–water partition coefficient (Wildman–Crippen LogP) is 3.09. The molecule has 3 rings (SSSR count). The molecule has 1 amide bonds. The summed E-state index contributed by atoms with van der Waals surface area (Å²) < 4.78 is 15.1. The molecule has 2 aromatic carbocycles. The first-order chi connectivity index (χ1) is 13.9. The van der Waals surface area contributed by atoms with E-state index in [4.69, 9.17) is 9.47 Å². The Morgan fingerprint density at radius 1 is 1.10 bits per heavy atom. The summed E-state index contributed by atoms with van der Waals surface area (Å²) in [6.07, 6.45) is 1.71. The average Bonchev–Trinajstić information content (AvgIpc) is 3.07. The number of phenolic OH excluding ortho intramolecular Hbond substituents is 1. The van der Waals surface area contributed by atoms with E-state index in [2.05, 4.69) is 15.0 Å². The van der Waals surface area contributed by atoms with Crippen LogP contribution in [0.1, 0.15) is 15.9 Å². The quantitative estimate of drug-likeness (QED) is 0.572. The van der Waals surface area contributed by atoms with E-state index in [9.17, 15) is 14.7 Å². The van der Waals surface area contributed by atoms with Crippen LogP contribution in [0.15, 0.2) is 46.3 Å². The normalized spacial score (nSPS) is 16.0. The summed E-state index contributed by atoms with van der Waals surface area (Å²) in [5, 5.41) is 12.8. The number of nitrogens with one attached hydrogen (secondary N) is 1. The number of phenols is 1. The fraction of sp³-hybridized carbons (Fsp3) is 0.150. The van der Waals surface area contributed by atoms with Gasteiger partial charge in [0.25, 0.3) is 5.91 Å². The van der Waals surface area contributed by atoms with E-state index in [1.165, 1.54) is 32.4 Å². The lowest BCUT2D eigenvalue weighted by molar-refractivity contribution is -0.115. The van der Waals surface area contributed by atoms with Crippen molar-refractivity contribution in [1.29, 1.82) is 0 Å². The summed E-state index contributed by atoms with van der Waals surface area (Å²) in [7, 11) is 4.31. The van der Waals surface area contributed by atoms with E-state index in [0.29, 0.717) is 27.3 Å². The van der Waals surface area contributed by atoms with Gasteiger partial charge in [0, 0.05) is 0 Å². The maximum absolute atomic E-state index is 12.3. The number of thioether (sulfide) groups is 1. The van der Waals surface area contributed by atoms with E-state index in [1.807, 2.05) is 0 Å². The molecule has 0 aliphatic carbocycles. The maximum Gasteiger partial charge on any atom is 0.341 e. The Hall–Kier alpha value is -3.46. The largest absolute Gasteiger partial charge is 0.507 e. The SMILES string of the molecule is COC(=O)c1cc(N=C2NC(=O)/C(=C/c3ccc(OC)c(OC)c3)S2)ccc1O. The Bertz CT molecular complexity index is 1030. The Labute approximate surface area is 171 Å². The number of rotatable bonds is 5. The van der Waals surface area contributed by atoms with E-state index >= 15 is 0 Å². The fourth-order valence-electron chi connectivity index (χ4n) is 2.56. The molecular formula is C20H18N2O6S. The van der Waals surface area contributed by atoms with Gasteiger partial charge in [0.1, 0.15) is 11.3 Å². The molecule has 0 radical (unpaired) electrons. The Balaban J connectivity index is 1.85. The van der Waals surface area contributed by atoms with Gasteiger partial charge in [-0.25, -0.2) is 9.79 Å². The van der Waals surface area contributed by atoms with Crippen molar-refractivity contribution in [3.8, 4) is 17.2 Å². The molecule has 0 aromatic heterocycles. The molecule has 1 aliphatic rings. The number of amides is 1. The van der Waals surface area contributed by atoms with Gasteiger partial charge in [0.05, 0.1) is 31.9 Å². The Morgan fingerprint density at radius 3 is 2.55 bits per heavy atom. The summed E-state index contributed by atoms with van der Waals surface area (Å²) in [4.78, 5) is 28.7. The van der Waals surface area contributed by atoms with Gasteiger partial charge in [-0.15, -0.1) is 0 Å². The highest BCUT2D eigenvalue weighted by molar-refractivity contribution is 8.18. The Morgan fingerprint density at radius 2 is 1.86 bits per heavy atom. The van der Waals surface area contributed by atoms with Gasteiger partial charge in [-0.2, -0.15) is 0 Å². The lowest BCUT2D eigenvalue weighted by Crippen LogP contribution is -2.19. The highest BCUT2D eigenvalue weighted by atomic mass is 32.2. The number of carbonyl (C=O) groups excluding carboxylic acids is 2. The van der Waals surface area contributed by atoms with E-state index in [1.54, 1.807) is 31.4 Å². The summed E-state index contributed by atoms with van der Waals surface area (Å²) in [6, 6.07) is 9.57. The minimum absolute atomic E-state index is 0.00948. The number of carbonyl (C=O) groups is 2. The number of hydrogen-bond donors (Lipinski definition) is 2. The molecule has 8 nitrogen and oxygen atoms in total. The van der Waals surface area contributed by atoms with Crippen molar-refractivity contribution in [3.05, 3.63) is 52.4 Å². The number of nitrogens with zero attached hydrogens (tertiary/aromatic N) is 1. The molecule has 0 bridgehead atoms. The lowest BCUT2D eigenvalue weighted by atomic mass is 10.2. The van der Waals surface area contributed by atoms with Gasteiger partial charge in [-0.3, -0.25) is 4.79 Å². The summed E-state index contributed by atoms with van der Waals surface area (Å²) in [5.41, 5.74) is 1.14. The summed E-state index contributed by atoms with van der Waals surface area (Å²) >= 11 is 1.16. The molecule has 0 saturated carbocycles.